The average Bonchev–Trinajstić information content (AvgIpc) is 2.27. The number of likely N-dealkylation sites (N-methyl/N-ethyl adjacent to an activating group) is 1. The van der Waals surface area contributed by atoms with E-state index in [0.717, 1.165) is 5.56 Å². The zero-order valence-corrected chi connectivity index (χ0v) is 10.8. The molecule has 0 saturated carbocycles. The number of nitrogens with zero attached hydrogens (tertiary/aromatic N) is 1. The topological polar surface area (TPSA) is 66.6 Å². The van der Waals surface area contributed by atoms with Gasteiger partial charge in [0.15, 0.2) is 0 Å². The predicted octanol–water partition coefficient (Wildman–Crippen LogP) is 1.51. The summed E-state index contributed by atoms with van der Waals surface area (Å²) in [6.07, 6.45) is 0. The maximum atomic E-state index is 12.2. The number of hydrogen-bond acceptors (Lipinski definition) is 3. The molecule has 0 saturated heterocycles. The minimum atomic E-state index is -0.436. The third-order valence-electron chi connectivity index (χ3n) is 3.10. The van der Waals surface area contributed by atoms with Crippen LogP contribution in [0.15, 0.2) is 18.2 Å². The van der Waals surface area contributed by atoms with E-state index in [2.05, 4.69) is 0 Å². The van der Waals surface area contributed by atoms with Gasteiger partial charge in [0.25, 0.3) is 5.91 Å². The van der Waals surface area contributed by atoms with E-state index in [9.17, 15) is 9.90 Å². The quantitative estimate of drug-likeness (QED) is 0.836. The van der Waals surface area contributed by atoms with Crippen molar-refractivity contribution in [2.45, 2.75) is 26.3 Å². The van der Waals surface area contributed by atoms with Gasteiger partial charge in [-0.2, -0.15) is 0 Å². The van der Waals surface area contributed by atoms with Gasteiger partial charge in [-0.25, -0.2) is 0 Å². The van der Waals surface area contributed by atoms with E-state index in [4.69, 9.17) is 5.73 Å². The fourth-order valence-corrected chi connectivity index (χ4v) is 1.42. The van der Waals surface area contributed by atoms with Crippen molar-refractivity contribution >= 4 is 5.91 Å². The van der Waals surface area contributed by atoms with Gasteiger partial charge in [-0.15, -0.1) is 0 Å². The molecule has 0 fully saturated rings. The lowest BCUT2D eigenvalue weighted by atomic mass is 10.0. The summed E-state index contributed by atoms with van der Waals surface area (Å²) >= 11 is 0. The van der Waals surface area contributed by atoms with Crippen molar-refractivity contribution in [3.05, 3.63) is 29.3 Å². The standard InChI is InChI=1S/C13H20N2O2/c1-9-5-6-10(11(16)7-9)12(17)15(4)13(2,3)8-14/h5-7,16H,8,14H2,1-4H3. The van der Waals surface area contributed by atoms with E-state index in [1.54, 1.807) is 30.1 Å². The van der Waals surface area contributed by atoms with Crippen molar-refractivity contribution in [3.63, 3.8) is 0 Å². The van der Waals surface area contributed by atoms with Gasteiger partial charge in [0.2, 0.25) is 0 Å². The summed E-state index contributed by atoms with van der Waals surface area (Å²) in [5, 5.41) is 9.77. The Balaban J connectivity index is 3.05. The van der Waals surface area contributed by atoms with E-state index in [1.807, 2.05) is 20.8 Å². The second-order valence-electron chi connectivity index (χ2n) is 4.90. The second-order valence-corrected chi connectivity index (χ2v) is 4.90. The van der Waals surface area contributed by atoms with Crippen molar-refractivity contribution in [3.8, 4) is 5.75 Å². The summed E-state index contributed by atoms with van der Waals surface area (Å²) in [6, 6.07) is 5.02. The molecule has 1 aromatic rings. The molecule has 0 radical (unpaired) electrons. The summed E-state index contributed by atoms with van der Waals surface area (Å²) in [4.78, 5) is 13.7. The first kappa shape index (κ1) is 13.5. The molecule has 0 aromatic heterocycles. The smallest absolute Gasteiger partial charge is 0.257 e. The van der Waals surface area contributed by atoms with Gasteiger partial charge in [0.1, 0.15) is 5.75 Å². The van der Waals surface area contributed by atoms with Crippen molar-refractivity contribution in [2.24, 2.45) is 5.73 Å². The second kappa shape index (κ2) is 4.75. The van der Waals surface area contributed by atoms with Crippen LogP contribution in [0.2, 0.25) is 0 Å². The summed E-state index contributed by atoms with van der Waals surface area (Å²) in [6.45, 7) is 6.00. The molecule has 4 heteroatoms. The molecule has 0 aliphatic heterocycles. The number of phenols is 1. The van der Waals surface area contributed by atoms with Crippen LogP contribution in [0.4, 0.5) is 0 Å². The molecule has 3 N–H and O–H groups in total. The lowest BCUT2D eigenvalue weighted by molar-refractivity contribution is 0.0637. The first-order valence-electron chi connectivity index (χ1n) is 5.57. The normalized spacial score (nSPS) is 11.4. The fraction of sp³-hybridized carbons (Fsp3) is 0.462. The highest BCUT2D eigenvalue weighted by atomic mass is 16.3. The number of hydrogen-bond donors (Lipinski definition) is 2. The Morgan fingerprint density at radius 3 is 2.53 bits per heavy atom. The van der Waals surface area contributed by atoms with Gasteiger partial charge in [0.05, 0.1) is 5.56 Å². The Morgan fingerprint density at radius 2 is 2.06 bits per heavy atom. The molecule has 0 spiro atoms. The SMILES string of the molecule is Cc1ccc(C(=O)N(C)C(C)(C)CN)c(O)c1. The van der Waals surface area contributed by atoms with Crippen molar-refractivity contribution in [2.75, 3.05) is 13.6 Å². The molecule has 0 atom stereocenters. The molecule has 1 aromatic carbocycles. The lowest BCUT2D eigenvalue weighted by Crippen LogP contribution is -2.50. The predicted molar refractivity (Wildman–Crippen MR) is 68.1 cm³/mol. The number of aromatic hydroxyl groups is 1. The largest absolute Gasteiger partial charge is 0.507 e. The molecule has 4 nitrogen and oxygen atoms in total. The van der Waals surface area contributed by atoms with Crippen LogP contribution in [0.25, 0.3) is 0 Å². The van der Waals surface area contributed by atoms with Crippen LogP contribution in [-0.4, -0.2) is 35.0 Å². The number of nitrogens with two attached hydrogens (primary N) is 1. The molecular formula is C13H20N2O2. The van der Waals surface area contributed by atoms with Gasteiger partial charge in [-0.3, -0.25) is 4.79 Å². The maximum Gasteiger partial charge on any atom is 0.257 e. The summed E-state index contributed by atoms with van der Waals surface area (Å²) in [7, 11) is 1.69. The number of amides is 1. The number of aryl methyl sites for hydroxylation is 1. The van der Waals surface area contributed by atoms with Gasteiger partial charge in [-0.05, 0) is 38.5 Å². The van der Waals surface area contributed by atoms with Crippen LogP contribution >= 0.6 is 0 Å². The van der Waals surface area contributed by atoms with E-state index in [0.29, 0.717) is 12.1 Å². The number of rotatable bonds is 3. The van der Waals surface area contributed by atoms with E-state index in [-0.39, 0.29) is 11.7 Å². The van der Waals surface area contributed by atoms with Gasteiger partial charge >= 0.3 is 0 Å². The van der Waals surface area contributed by atoms with E-state index < -0.39 is 5.54 Å². The highest BCUT2D eigenvalue weighted by Crippen LogP contribution is 2.22. The van der Waals surface area contributed by atoms with Gasteiger partial charge < -0.3 is 15.7 Å². The molecule has 0 aliphatic rings. The molecule has 94 valence electrons. The lowest BCUT2D eigenvalue weighted by Gasteiger charge is -2.34. The first-order valence-corrected chi connectivity index (χ1v) is 5.57. The van der Waals surface area contributed by atoms with Crippen LogP contribution < -0.4 is 5.73 Å². The Morgan fingerprint density at radius 1 is 1.47 bits per heavy atom. The summed E-state index contributed by atoms with van der Waals surface area (Å²) in [5.74, 6) is -0.215. The maximum absolute atomic E-state index is 12.2. The third-order valence-corrected chi connectivity index (χ3v) is 3.10. The van der Waals surface area contributed by atoms with Crippen LogP contribution in [-0.2, 0) is 0 Å². The molecule has 0 bridgehead atoms. The molecule has 0 aliphatic carbocycles. The average molecular weight is 236 g/mol. The highest BCUT2D eigenvalue weighted by molar-refractivity contribution is 5.97. The number of phenolic OH excluding ortho intramolecular Hbond substituents is 1. The van der Waals surface area contributed by atoms with Crippen LogP contribution in [0.1, 0.15) is 29.8 Å². The Bertz CT molecular complexity index is 427. The third kappa shape index (κ3) is 2.77. The zero-order chi connectivity index (χ0) is 13.2. The molecule has 17 heavy (non-hydrogen) atoms. The fourth-order valence-electron chi connectivity index (χ4n) is 1.42. The minimum absolute atomic E-state index is 0.00896. The van der Waals surface area contributed by atoms with Crippen LogP contribution in [0.5, 0.6) is 5.75 Å². The zero-order valence-electron chi connectivity index (χ0n) is 10.8. The number of carbonyl (C=O) groups excluding carboxylic acids is 1. The molecule has 0 unspecified atom stereocenters. The van der Waals surface area contributed by atoms with Crippen molar-refractivity contribution < 1.29 is 9.90 Å². The summed E-state index contributed by atoms with van der Waals surface area (Å²) < 4.78 is 0. The number of benzene rings is 1. The minimum Gasteiger partial charge on any atom is -0.507 e. The monoisotopic (exact) mass is 236 g/mol. The molecule has 0 heterocycles. The Hall–Kier alpha value is -1.55. The van der Waals surface area contributed by atoms with E-state index >= 15 is 0 Å². The Labute approximate surface area is 102 Å². The highest BCUT2D eigenvalue weighted by Gasteiger charge is 2.28. The van der Waals surface area contributed by atoms with Crippen LogP contribution in [0.3, 0.4) is 0 Å². The van der Waals surface area contributed by atoms with Crippen LogP contribution in [0, 0.1) is 6.92 Å². The van der Waals surface area contributed by atoms with Crippen molar-refractivity contribution in [1.82, 2.24) is 4.90 Å². The molecule has 1 amide bonds. The molecule has 1 rings (SSSR count). The number of carbonyl (C=O) groups is 1. The van der Waals surface area contributed by atoms with Gasteiger partial charge in [-0.1, -0.05) is 6.07 Å². The summed E-state index contributed by atoms with van der Waals surface area (Å²) in [5.41, 5.74) is 6.41. The Kier molecular flexibility index (Phi) is 3.78. The van der Waals surface area contributed by atoms with Crippen molar-refractivity contribution in [1.29, 1.82) is 0 Å². The van der Waals surface area contributed by atoms with Gasteiger partial charge in [0, 0.05) is 19.1 Å². The first-order chi connectivity index (χ1) is 7.79. The molecular weight excluding hydrogens is 216 g/mol. The van der Waals surface area contributed by atoms with E-state index in [1.165, 1.54) is 0 Å².